The first-order valence-corrected chi connectivity index (χ1v) is 7.25. The van der Waals surface area contributed by atoms with Crippen LogP contribution in [0.2, 0.25) is 0 Å². The first kappa shape index (κ1) is 11.6. The van der Waals surface area contributed by atoms with Crippen molar-refractivity contribution in [3.8, 4) is 0 Å². The van der Waals surface area contributed by atoms with Crippen LogP contribution in [0.1, 0.15) is 12.7 Å². The summed E-state index contributed by atoms with van der Waals surface area (Å²) in [6.45, 7) is 4.90. The average Bonchev–Trinajstić information content (AvgIpc) is 2.97. The fraction of sp³-hybridized carbons (Fsp3) is 0.273. The Morgan fingerprint density at radius 2 is 2.22 bits per heavy atom. The predicted octanol–water partition coefficient (Wildman–Crippen LogP) is 2.76. The van der Waals surface area contributed by atoms with Gasteiger partial charge < -0.3 is 4.57 Å². The molecule has 7 heteroatoms. The lowest BCUT2D eigenvalue weighted by atomic mass is 10.4. The number of hydrogen-bond donors (Lipinski definition) is 0. The van der Waals surface area contributed by atoms with E-state index in [-0.39, 0.29) is 0 Å². The van der Waals surface area contributed by atoms with Gasteiger partial charge in [0.15, 0.2) is 5.16 Å². The fourth-order valence-corrected chi connectivity index (χ4v) is 3.53. The zero-order valence-corrected chi connectivity index (χ0v) is 11.6. The van der Waals surface area contributed by atoms with Gasteiger partial charge >= 0.3 is 0 Å². The Hall–Kier alpha value is -1.47. The summed E-state index contributed by atoms with van der Waals surface area (Å²) in [6, 6.07) is 2.04. The molecule has 0 spiro atoms. The van der Waals surface area contributed by atoms with E-state index in [9.17, 15) is 0 Å². The van der Waals surface area contributed by atoms with Gasteiger partial charge in [-0.15, -0.1) is 21.5 Å². The molecule has 3 aromatic heterocycles. The van der Waals surface area contributed by atoms with Crippen molar-refractivity contribution in [2.45, 2.75) is 30.6 Å². The molecule has 3 rings (SSSR count). The van der Waals surface area contributed by atoms with Gasteiger partial charge in [-0.2, -0.15) is 0 Å². The normalized spacial score (nSPS) is 11.2. The SMILES string of the molecule is CCn1c(C)nnc1Sc1ncnc2sccc12. The standard InChI is InChI=1S/C11H11N5S2/c1-3-16-7(2)14-15-11(16)18-10-8-4-5-17-9(8)12-6-13-10/h4-6H,3H2,1-2H3. The molecular formula is C11H11N5S2. The van der Waals surface area contributed by atoms with Crippen LogP contribution in [0.4, 0.5) is 0 Å². The first-order valence-electron chi connectivity index (χ1n) is 5.55. The van der Waals surface area contributed by atoms with Crippen LogP contribution in [0, 0.1) is 6.92 Å². The van der Waals surface area contributed by atoms with Crippen LogP contribution < -0.4 is 0 Å². The lowest BCUT2D eigenvalue weighted by Gasteiger charge is -2.04. The van der Waals surface area contributed by atoms with Crippen molar-refractivity contribution < 1.29 is 0 Å². The van der Waals surface area contributed by atoms with Gasteiger partial charge in [0.05, 0.1) is 0 Å². The topological polar surface area (TPSA) is 56.5 Å². The Morgan fingerprint density at radius 3 is 3.06 bits per heavy atom. The number of nitrogens with zero attached hydrogens (tertiary/aromatic N) is 5. The van der Waals surface area contributed by atoms with Crippen LogP contribution in [-0.4, -0.2) is 24.7 Å². The van der Waals surface area contributed by atoms with Crippen LogP contribution in [0.3, 0.4) is 0 Å². The number of rotatable bonds is 3. The summed E-state index contributed by atoms with van der Waals surface area (Å²) in [5.74, 6) is 0.926. The van der Waals surface area contributed by atoms with Crippen LogP contribution in [0.15, 0.2) is 28.0 Å². The summed E-state index contributed by atoms with van der Waals surface area (Å²) in [7, 11) is 0. The van der Waals surface area contributed by atoms with E-state index in [2.05, 4.69) is 31.7 Å². The van der Waals surface area contributed by atoms with Gasteiger partial charge in [-0.1, -0.05) is 0 Å². The second-order valence-corrected chi connectivity index (χ2v) is 5.54. The zero-order valence-electron chi connectivity index (χ0n) is 9.99. The van der Waals surface area contributed by atoms with Crippen molar-refractivity contribution in [3.63, 3.8) is 0 Å². The van der Waals surface area contributed by atoms with Gasteiger partial charge in [0.2, 0.25) is 0 Å². The van der Waals surface area contributed by atoms with Gasteiger partial charge in [0.1, 0.15) is 22.0 Å². The molecule has 18 heavy (non-hydrogen) atoms. The molecule has 0 radical (unpaired) electrons. The van der Waals surface area contributed by atoms with Crippen LogP contribution in [0.25, 0.3) is 10.2 Å². The molecule has 0 unspecified atom stereocenters. The predicted molar refractivity (Wildman–Crippen MR) is 72.0 cm³/mol. The van der Waals surface area contributed by atoms with Crippen LogP contribution >= 0.6 is 23.1 Å². The molecule has 0 saturated heterocycles. The van der Waals surface area contributed by atoms with E-state index in [4.69, 9.17) is 0 Å². The number of aromatic nitrogens is 5. The van der Waals surface area contributed by atoms with Crippen LogP contribution in [0.5, 0.6) is 0 Å². The Bertz CT molecular complexity index is 688. The molecule has 5 nitrogen and oxygen atoms in total. The Kier molecular flexibility index (Phi) is 3.00. The van der Waals surface area contributed by atoms with E-state index in [0.717, 1.165) is 32.8 Å². The van der Waals surface area contributed by atoms with Crippen molar-refractivity contribution >= 4 is 33.3 Å². The van der Waals surface area contributed by atoms with Crippen LogP contribution in [-0.2, 0) is 6.54 Å². The molecule has 0 bridgehead atoms. The highest BCUT2D eigenvalue weighted by Gasteiger charge is 2.12. The molecule has 0 aromatic carbocycles. The molecule has 0 atom stereocenters. The fourth-order valence-electron chi connectivity index (χ4n) is 1.74. The molecule has 0 N–H and O–H groups in total. The molecule has 3 heterocycles. The second-order valence-electron chi connectivity index (χ2n) is 3.69. The van der Waals surface area contributed by atoms with Crippen molar-refractivity contribution in [2.75, 3.05) is 0 Å². The summed E-state index contributed by atoms with van der Waals surface area (Å²) in [6.07, 6.45) is 1.60. The highest BCUT2D eigenvalue weighted by molar-refractivity contribution is 7.99. The average molecular weight is 277 g/mol. The van der Waals surface area contributed by atoms with Crippen molar-refractivity contribution in [2.24, 2.45) is 0 Å². The van der Waals surface area contributed by atoms with E-state index in [1.165, 1.54) is 11.8 Å². The molecule has 0 saturated carbocycles. The number of thiophene rings is 1. The molecule has 0 amide bonds. The van der Waals surface area contributed by atoms with E-state index in [0.29, 0.717) is 0 Å². The van der Waals surface area contributed by atoms with E-state index in [1.54, 1.807) is 17.7 Å². The third kappa shape index (κ3) is 1.89. The van der Waals surface area contributed by atoms with Gasteiger partial charge in [-0.05, 0) is 37.1 Å². The first-order chi connectivity index (χ1) is 8.79. The van der Waals surface area contributed by atoms with E-state index < -0.39 is 0 Å². The van der Waals surface area contributed by atoms with Crippen molar-refractivity contribution in [3.05, 3.63) is 23.6 Å². The third-order valence-electron chi connectivity index (χ3n) is 2.63. The Labute approximate surface area is 112 Å². The minimum absolute atomic E-state index is 0.860. The van der Waals surface area contributed by atoms with E-state index >= 15 is 0 Å². The smallest absolute Gasteiger partial charge is 0.197 e. The largest absolute Gasteiger partial charge is 0.306 e. The maximum absolute atomic E-state index is 4.34. The molecule has 0 aliphatic heterocycles. The lowest BCUT2D eigenvalue weighted by Crippen LogP contribution is -1.99. The number of aryl methyl sites for hydroxylation is 1. The van der Waals surface area contributed by atoms with Gasteiger partial charge in [-0.3, -0.25) is 0 Å². The summed E-state index contributed by atoms with van der Waals surface area (Å²) >= 11 is 3.16. The molecule has 3 aromatic rings. The lowest BCUT2D eigenvalue weighted by molar-refractivity contribution is 0.661. The number of hydrogen-bond acceptors (Lipinski definition) is 6. The summed E-state index contributed by atoms with van der Waals surface area (Å²) in [5.41, 5.74) is 0. The minimum atomic E-state index is 0.860. The van der Waals surface area contributed by atoms with Gasteiger partial charge in [0, 0.05) is 11.9 Å². The second kappa shape index (κ2) is 4.66. The molecule has 92 valence electrons. The Balaban J connectivity index is 2.03. The summed E-state index contributed by atoms with van der Waals surface area (Å²) < 4.78 is 2.07. The maximum Gasteiger partial charge on any atom is 0.197 e. The summed E-state index contributed by atoms with van der Waals surface area (Å²) in [4.78, 5) is 9.59. The number of fused-ring (bicyclic) bond motifs is 1. The molecular weight excluding hydrogens is 266 g/mol. The van der Waals surface area contributed by atoms with Gasteiger partial charge in [-0.25, -0.2) is 9.97 Å². The maximum atomic E-state index is 4.34. The van der Waals surface area contributed by atoms with E-state index in [1.807, 2.05) is 18.4 Å². The minimum Gasteiger partial charge on any atom is -0.306 e. The monoisotopic (exact) mass is 277 g/mol. The quantitative estimate of drug-likeness (QED) is 0.689. The molecule has 0 aliphatic carbocycles. The van der Waals surface area contributed by atoms with Gasteiger partial charge in [0.25, 0.3) is 0 Å². The molecule has 0 fully saturated rings. The zero-order chi connectivity index (χ0) is 12.5. The highest BCUT2D eigenvalue weighted by Crippen LogP contribution is 2.31. The van der Waals surface area contributed by atoms with Crippen molar-refractivity contribution in [1.82, 2.24) is 24.7 Å². The summed E-state index contributed by atoms with van der Waals surface area (Å²) in [5, 5.41) is 13.2. The van der Waals surface area contributed by atoms with Crippen molar-refractivity contribution in [1.29, 1.82) is 0 Å². The third-order valence-corrected chi connectivity index (χ3v) is 4.46. The Morgan fingerprint density at radius 1 is 1.33 bits per heavy atom. The highest BCUT2D eigenvalue weighted by atomic mass is 32.2. The molecule has 0 aliphatic rings.